The van der Waals surface area contributed by atoms with Gasteiger partial charge in [0, 0.05) is 24.3 Å². The van der Waals surface area contributed by atoms with Crippen LogP contribution in [-0.4, -0.2) is 40.1 Å². The maximum atomic E-state index is 12.4. The van der Waals surface area contributed by atoms with Crippen LogP contribution in [0.3, 0.4) is 0 Å². The van der Waals surface area contributed by atoms with Gasteiger partial charge in [0.1, 0.15) is 5.01 Å². The first-order chi connectivity index (χ1) is 13.1. The number of para-hydroxylation sites is 1. The van der Waals surface area contributed by atoms with Crippen molar-refractivity contribution in [1.82, 2.24) is 9.88 Å². The zero-order valence-electron chi connectivity index (χ0n) is 14.6. The van der Waals surface area contributed by atoms with Crippen LogP contribution in [0.5, 0.6) is 0 Å². The molecule has 0 atom stereocenters. The molecule has 2 heterocycles. The molecule has 1 fully saturated rings. The van der Waals surface area contributed by atoms with Crippen molar-refractivity contribution in [2.75, 3.05) is 18.4 Å². The number of urea groups is 1. The van der Waals surface area contributed by atoms with Gasteiger partial charge in [-0.25, -0.2) is 9.78 Å². The van der Waals surface area contributed by atoms with Crippen molar-refractivity contribution in [3.05, 3.63) is 48.5 Å². The second-order valence-corrected chi connectivity index (χ2v) is 7.62. The Kier molecular flexibility index (Phi) is 4.77. The summed E-state index contributed by atoms with van der Waals surface area (Å²) < 4.78 is 1.15. The van der Waals surface area contributed by atoms with E-state index >= 15 is 0 Å². The Hall–Kier alpha value is -2.93. The van der Waals surface area contributed by atoms with Gasteiger partial charge in [-0.2, -0.15) is 0 Å². The average Bonchev–Trinajstić information content (AvgIpc) is 3.13. The molecule has 3 aromatic rings. The lowest BCUT2D eigenvalue weighted by atomic mass is 9.97. The number of fused-ring (bicyclic) bond motifs is 1. The van der Waals surface area contributed by atoms with E-state index < -0.39 is 5.97 Å². The van der Waals surface area contributed by atoms with Crippen molar-refractivity contribution >= 4 is 39.2 Å². The van der Waals surface area contributed by atoms with Crippen molar-refractivity contribution < 1.29 is 14.7 Å². The minimum atomic E-state index is -0.777. The number of hydrogen-bond donors (Lipinski definition) is 2. The number of thiazole rings is 1. The molecule has 4 rings (SSSR count). The molecule has 0 bridgehead atoms. The highest BCUT2D eigenvalue weighted by atomic mass is 32.1. The number of piperidine rings is 1. The lowest BCUT2D eigenvalue weighted by molar-refractivity contribution is -0.143. The smallest absolute Gasteiger partial charge is 0.321 e. The number of nitrogens with zero attached hydrogens (tertiary/aromatic N) is 2. The van der Waals surface area contributed by atoms with Gasteiger partial charge in [0.05, 0.1) is 16.1 Å². The molecule has 2 amide bonds. The number of hydrogen-bond acceptors (Lipinski definition) is 4. The second kappa shape index (κ2) is 7.36. The van der Waals surface area contributed by atoms with E-state index in [1.165, 1.54) is 0 Å². The summed E-state index contributed by atoms with van der Waals surface area (Å²) in [5.74, 6) is -1.12. The molecule has 0 saturated carbocycles. The van der Waals surface area contributed by atoms with E-state index in [1.807, 2.05) is 42.5 Å². The number of carbonyl (C=O) groups is 2. The minimum Gasteiger partial charge on any atom is -0.481 e. The number of carboxylic acid groups (broad SMARTS) is 1. The fraction of sp³-hybridized carbons (Fsp3) is 0.250. The Morgan fingerprint density at radius 3 is 2.44 bits per heavy atom. The summed E-state index contributed by atoms with van der Waals surface area (Å²) in [6.45, 7) is 0.930. The Balaban J connectivity index is 1.40. The van der Waals surface area contributed by atoms with Gasteiger partial charge in [-0.05, 0) is 49.2 Å². The molecule has 1 aromatic heterocycles. The van der Waals surface area contributed by atoms with E-state index in [2.05, 4.69) is 16.4 Å². The van der Waals surface area contributed by atoms with Crippen LogP contribution in [-0.2, 0) is 4.79 Å². The van der Waals surface area contributed by atoms with Crippen LogP contribution in [0.4, 0.5) is 10.5 Å². The molecule has 1 aliphatic heterocycles. The van der Waals surface area contributed by atoms with Crippen LogP contribution in [0.15, 0.2) is 48.5 Å². The van der Waals surface area contributed by atoms with E-state index in [0.29, 0.717) is 31.6 Å². The molecule has 2 N–H and O–H groups in total. The number of likely N-dealkylation sites (tertiary alicyclic amines) is 1. The first-order valence-corrected chi connectivity index (χ1v) is 9.66. The first kappa shape index (κ1) is 17.5. The lowest BCUT2D eigenvalue weighted by Crippen LogP contribution is -2.42. The topological polar surface area (TPSA) is 82.5 Å². The molecule has 6 nitrogen and oxygen atoms in total. The Morgan fingerprint density at radius 1 is 1.07 bits per heavy atom. The summed E-state index contributed by atoms with van der Waals surface area (Å²) >= 11 is 1.64. The molecule has 0 aliphatic carbocycles. The van der Waals surface area contributed by atoms with Crippen LogP contribution >= 0.6 is 11.3 Å². The van der Waals surface area contributed by atoms with Gasteiger partial charge < -0.3 is 15.3 Å². The number of carbonyl (C=O) groups excluding carboxylic acids is 1. The summed E-state index contributed by atoms with van der Waals surface area (Å²) in [6, 6.07) is 15.5. The zero-order chi connectivity index (χ0) is 18.8. The summed E-state index contributed by atoms with van der Waals surface area (Å²) in [7, 11) is 0. The van der Waals surface area contributed by atoms with Crippen LogP contribution in [0.2, 0.25) is 0 Å². The molecule has 1 aliphatic rings. The largest absolute Gasteiger partial charge is 0.481 e. The van der Waals surface area contributed by atoms with Gasteiger partial charge in [0.2, 0.25) is 0 Å². The Labute approximate surface area is 160 Å². The molecule has 0 unspecified atom stereocenters. The molecule has 138 valence electrons. The van der Waals surface area contributed by atoms with Gasteiger partial charge in [-0.1, -0.05) is 12.1 Å². The van der Waals surface area contributed by atoms with Gasteiger partial charge in [0.15, 0.2) is 0 Å². The molecule has 2 aromatic carbocycles. The van der Waals surface area contributed by atoms with Gasteiger partial charge >= 0.3 is 12.0 Å². The molecular formula is C20H19N3O3S. The first-order valence-electron chi connectivity index (χ1n) is 8.85. The predicted molar refractivity (Wildman–Crippen MR) is 106 cm³/mol. The van der Waals surface area contributed by atoms with Gasteiger partial charge in [0.25, 0.3) is 0 Å². The van der Waals surface area contributed by atoms with Crippen LogP contribution in [0, 0.1) is 5.92 Å². The number of aliphatic carboxylic acids is 1. The third-order valence-corrected chi connectivity index (χ3v) is 5.89. The number of anilines is 1. The predicted octanol–water partition coefficient (Wildman–Crippen LogP) is 4.29. The van der Waals surface area contributed by atoms with E-state index in [9.17, 15) is 9.59 Å². The number of nitrogens with one attached hydrogen (secondary N) is 1. The highest BCUT2D eigenvalue weighted by molar-refractivity contribution is 7.21. The van der Waals surface area contributed by atoms with Crippen molar-refractivity contribution in [3.63, 3.8) is 0 Å². The molecule has 1 saturated heterocycles. The third-order valence-electron chi connectivity index (χ3n) is 4.81. The maximum absolute atomic E-state index is 12.4. The summed E-state index contributed by atoms with van der Waals surface area (Å²) in [5.41, 5.74) is 2.71. The van der Waals surface area contributed by atoms with E-state index in [4.69, 9.17) is 5.11 Å². The lowest BCUT2D eigenvalue weighted by Gasteiger charge is -2.30. The zero-order valence-corrected chi connectivity index (χ0v) is 15.4. The van der Waals surface area contributed by atoms with E-state index in [1.54, 1.807) is 16.2 Å². The SMILES string of the molecule is O=C(O)C1CCN(C(=O)Nc2ccc(-c3nc4ccccc4s3)cc2)CC1. The monoisotopic (exact) mass is 381 g/mol. The van der Waals surface area contributed by atoms with Crippen molar-refractivity contribution in [1.29, 1.82) is 0 Å². The summed E-state index contributed by atoms with van der Waals surface area (Å²) in [5, 5.41) is 12.9. The van der Waals surface area contributed by atoms with Crippen LogP contribution in [0.25, 0.3) is 20.8 Å². The number of aromatic nitrogens is 1. The average molecular weight is 381 g/mol. The standard InChI is InChI=1S/C20H19N3O3S/c24-19(25)14-9-11-23(12-10-14)20(26)21-15-7-5-13(6-8-15)18-22-16-3-1-2-4-17(16)27-18/h1-8,14H,9-12H2,(H,21,26)(H,24,25). The highest BCUT2D eigenvalue weighted by Gasteiger charge is 2.26. The van der Waals surface area contributed by atoms with E-state index in [0.717, 1.165) is 20.8 Å². The third kappa shape index (κ3) is 3.78. The number of benzene rings is 2. The Morgan fingerprint density at radius 2 is 1.78 bits per heavy atom. The Bertz CT molecular complexity index is 943. The molecule has 0 radical (unpaired) electrons. The quantitative estimate of drug-likeness (QED) is 0.709. The number of amides is 2. The number of carboxylic acids is 1. The second-order valence-electron chi connectivity index (χ2n) is 6.59. The van der Waals surface area contributed by atoms with Gasteiger partial charge in [-0.3, -0.25) is 4.79 Å². The summed E-state index contributed by atoms with van der Waals surface area (Å²) in [6.07, 6.45) is 0.999. The van der Waals surface area contributed by atoms with Crippen molar-refractivity contribution in [3.8, 4) is 10.6 Å². The fourth-order valence-electron chi connectivity index (χ4n) is 3.22. The van der Waals surface area contributed by atoms with E-state index in [-0.39, 0.29) is 11.9 Å². The summed E-state index contributed by atoms with van der Waals surface area (Å²) in [4.78, 5) is 29.7. The maximum Gasteiger partial charge on any atom is 0.321 e. The number of rotatable bonds is 3. The molecular weight excluding hydrogens is 362 g/mol. The fourth-order valence-corrected chi connectivity index (χ4v) is 4.19. The van der Waals surface area contributed by atoms with Crippen LogP contribution in [0.1, 0.15) is 12.8 Å². The van der Waals surface area contributed by atoms with Crippen LogP contribution < -0.4 is 5.32 Å². The normalized spacial score (nSPS) is 15.0. The highest BCUT2D eigenvalue weighted by Crippen LogP contribution is 2.30. The van der Waals surface area contributed by atoms with Crippen molar-refractivity contribution in [2.45, 2.75) is 12.8 Å². The minimum absolute atomic E-state index is 0.188. The molecule has 0 spiro atoms. The molecule has 7 heteroatoms. The van der Waals surface area contributed by atoms with Gasteiger partial charge in [-0.15, -0.1) is 11.3 Å². The molecule has 27 heavy (non-hydrogen) atoms. The van der Waals surface area contributed by atoms with Crippen molar-refractivity contribution in [2.24, 2.45) is 5.92 Å².